The van der Waals surface area contributed by atoms with Crippen molar-refractivity contribution in [2.75, 3.05) is 6.61 Å². The van der Waals surface area contributed by atoms with Crippen molar-refractivity contribution >= 4 is 5.78 Å². The van der Waals surface area contributed by atoms with E-state index in [2.05, 4.69) is 0 Å². The van der Waals surface area contributed by atoms with Crippen LogP contribution in [0.15, 0.2) is 42.5 Å². The van der Waals surface area contributed by atoms with Crippen LogP contribution in [0.5, 0.6) is 5.75 Å². The smallest absolute Gasteiger partial charge is 0.196 e. The average molecular weight is 258 g/mol. The van der Waals surface area contributed by atoms with E-state index in [1.165, 1.54) is 18.2 Å². The van der Waals surface area contributed by atoms with Crippen LogP contribution in [0.4, 0.5) is 4.39 Å². The molecule has 0 saturated carbocycles. The Morgan fingerprint density at radius 1 is 1.21 bits per heavy atom. The SMILES string of the molecule is CCOc1ccc(C)cc1C(=O)c1cccc(F)c1. The summed E-state index contributed by atoms with van der Waals surface area (Å²) in [5, 5.41) is 0. The Labute approximate surface area is 111 Å². The van der Waals surface area contributed by atoms with E-state index in [1.54, 1.807) is 18.2 Å². The molecule has 0 heterocycles. The normalized spacial score (nSPS) is 10.3. The minimum Gasteiger partial charge on any atom is -0.493 e. The van der Waals surface area contributed by atoms with Crippen LogP contribution in [0.2, 0.25) is 0 Å². The summed E-state index contributed by atoms with van der Waals surface area (Å²) in [6, 6.07) is 11.1. The molecule has 2 aromatic rings. The molecular formula is C16H15FO2. The molecule has 0 aliphatic carbocycles. The second-order valence-corrected chi connectivity index (χ2v) is 4.27. The molecule has 3 heteroatoms. The second kappa shape index (κ2) is 5.65. The van der Waals surface area contributed by atoms with Gasteiger partial charge in [0.2, 0.25) is 0 Å². The van der Waals surface area contributed by atoms with Gasteiger partial charge in [0.15, 0.2) is 5.78 Å². The fourth-order valence-electron chi connectivity index (χ4n) is 1.89. The lowest BCUT2D eigenvalue weighted by molar-refractivity contribution is 0.103. The third-order valence-electron chi connectivity index (χ3n) is 2.77. The van der Waals surface area contributed by atoms with Crippen molar-refractivity contribution in [3.05, 3.63) is 65.0 Å². The Morgan fingerprint density at radius 3 is 2.68 bits per heavy atom. The van der Waals surface area contributed by atoms with Gasteiger partial charge in [0.25, 0.3) is 0 Å². The molecule has 0 N–H and O–H groups in total. The van der Waals surface area contributed by atoms with Crippen LogP contribution in [-0.2, 0) is 0 Å². The molecule has 2 nitrogen and oxygen atoms in total. The lowest BCUT2D eigenvalue weighted by Crippen LogP contribution is -2.06. The van der Waals surface area contributed by atoms with Gasteiger partial charge in [-0.05, 0) is 38.1 Å². The maximum atomic E-state index is 13.2. The van der Waals surface area contributed by atoms with Gasteiger partial charge in [-0.15, -0.1) is 0 Å². The third-order valence-corrected chi connectivity index (χ3v) is 2.77. The zero-order valence-corrected chi connectivity index (χ0v) is 10.9. The van der Waals surface area contributed by atoms with E-state index in [0.29, 0.717) is 23.5 Å². The average Bonchev–Trinajstić information content (AvgIpc) is 2.40. The maximum absolute atomic E-state index is 13.2. The number of hydrogen-bond acceptors (Lipinski definition) is 2. The van der Waals surface area contributed by atoms with Crippen LogP contribution in [0.1, 0.15) is 28.4 Å². The van der Waals surface area contributed by atoms with E-state index < -0.39 is 5.82 Å². The third kappa shape index (κ3) is 2.99. The molecule has 98 valence electrons. The van der Waals surface area contributed by atoms with Gasteiger partial charge in [0, 0.05) is 5.56 Å². The molecule has 0 aliphatic heterocycles. The van der Waals surface area contributed by atoms with Crippen molar-refractivity contribution in [3.63, 3.8) is 0 Å². The zero-order chi connectivity index (χ0) is 13.8. The molecule has 2 aromatic carbocycles. The standard InChI is InChI=1S/C16H15FO2/c1-3-19-15-8-7-11(2)9-14(15)16(18)12-5-4-6-13(17)10-12/h4-10H,3H2,1-2H3. The van der Waals surface area contributed by atoms with Crippen molar-refractivity contribution in [1.82, 2.24) is 0 Å². The maximum Gasteiger partial charge on any atom is 0.196 e. The highest BCUT2D eigenvalue weighted by atomic mass is 19.1. The predicted octanol–water partition coefficient (Wildman–Crippen LogP) is 3.76. The summed E-state index contributed by atoms with van der Waals surface area (Å²) in [5.74, 6) is -0.120. The summed E-state index contributed by atoms with van der Waals surface area (Å²) in [5.41, 5.74) is 1.75. The largest absolute Gasteiger partial charge is 0.493 e. The number of ketones is 1. The first kappa shape index (κ1) is 13.3. The molecule has 0 saturated heterocycles. The zero-order valence-electron chi connectivity index (χ0n) is 10.9. The Kier molecular flexibility index (Phi) is 3.95. The number of carbonyl (C=O) groups excluding carboxylic acids is 1. The summed E-state index contributed by atoms with van der Waals surface area (Å²) < 4.78 is 18.6. The molecule has 19 heavy (non-hydrogen) atoms. The fourth-order valence-corrected chi connectivity index (χ4v) is 1.89. The molecule has 0 aliphatic rings. The summed E-state index contributed by atoms with van der Waals surface area (Å²) >= 11 is 0. The minimum atomic E-state index is -0.420. The molecule has 0 unspecified atom stereocenters. The lowest BCUT2D eigenvalue weighted by atomic mass is 10.0. The highest BCUT2D eigenvalue weighted by Crippen LogP contribution is 2.23. The van der Waals surface area contributed by atoms with Gasteiger partial charge in [0.1, 0.15) is 11.6 Å². The molecule has 0 fully saturated rings. The molecule has 0 spiro atoms. The Bertz CT molecular complexity index is 605. The van der Waals surface area contributed by atoms with E-state index >= 15 is 0 Å². The summed E-state index contributed by atoms with van der Waals surface area (Å²) in [6.45, 7) is 4.24. The van der Waals surface area contributed by atoms with Crippen LogP contribution in [0, 0.1) is 12.7 Å². The first-order valence-corrected chi connectivity index (χ1v) is 6.15. The van der Waals surface area contributed by atoms with E-state index in [1.807, 2.05) is 19.9 Å². The lowest BCUT2D eigenvalue weighted by Gasteiger charge is -2.10. The van der Waals surface area contributed by atoms with E-state index in [9.17, 15) is 9.18 Å². The summed E-state index contributed by atoms with van der Waals surface area (Å²) in [4.78, 5) is 12.4. The highest BCUT2D eigenvalue weighted by molar-refractivity contribution is 6.10. The predicted molar refractivity (Wildman–Crippen MR) is 72.2 cm³/mol. The van der Waals surface area contributed by atoms with Gasteiger partial charge in [-0.2, -0.15) is 0 Å². The molecule has 0 radical (unpaired) electrons. The number of rotatable bonds is 4. The molecule has 0 bridgehead atoms. The summed E-state index contributed by atoms with van der Waals surface area (Å²) in [7, 11) is 0. The molecule has 0 aromatic heterocycles. The van der Waals surface area contributed by atoms with Crippen molar-refractivity contribution in [2.24, 2.45) is 0 Å². The van der Waals surface area contributed by atoms with Crippen molar-refractivity contribution in [3.8, 4) is 5.75 Å². The number of ether oxygens (including phenoxy) is 1. The van der Waals surface area contributed by atoms with Crippen LogP contribution >= 0.6 is 0 Å². The Balaban J connectivity index is 2.45. The molecule has 0 amide bonds. The Hall–Kier alpha value is -2.16. The van der Waals surface area contributed by atoms with Crippen LogP contribution in [0.25, 0.3) is 0 Å². The second-order valence-electron chi connectivity index (χ2n) is 4.27. The number of aryl methyl sites for hydroxylation is 1. The van der Waals surface area contributed by atoms with Crippen molar-refractivity contribution in [1.29, 1.82) is 0 Å². The Morgan fingerprint density at radius 2 is 2.00 bits per heavy atom. The minimum absolute atomic E-state index is 0.230. The van der Waals surface area contributed by atoms with Gasteiger partial charge < -0.3 is 4.74 Å². The van der Waals surface area contributed by atoms with Gasteiger partial charge in [-0.25, -0.2) is 4.39 Å². The van der Waals surface area contributed by atoms with Crippen LogP contribution < -0.4 is 4.74 Å². The topological polar surface area (TPSA) is 26.3 Å². The fraction of sp³-hybridized carbons (Fsp3) is 0.188. The monoisotopic (exact) mass is 258 g/mol. The van der Waals surface area contributed by atoms with E-state index in [-0.39, 0.29) is 5.78 Å². The van der Waals surface area contributed by atoms with Gasteiger partial charge in [-0.3, -0.25) is 4.79 Å². The molecule has 2 rings (SSSR count). The van der Waals surface area contributed by atoms with Crippen LogP contribution in [-0.4, -0.2) is 12.4 Å². The number of hydrogen-bond donors (Lipinski definition) is 0. The molecule has 0 atom stereocenters. The first-order chi connectivity index (χ1) is 9.11. The summed E-state index contributed by atoms with van der Waals surface area (Å²) in [6.07, 6.45) is 0. The van der Waals surface area contributed by atoms with Crippen molar-refractivity contribution in [2.45, 2.75) is 13.8 Å². The van der Waals surface area contributed by atoms with Gasteiger partial charge >= 0.3 is 0 Å². The van der Waals surface area contributed by atoms with E-state index in [0.717, 1.165) is 5.56 Å². The highest BCUT2D eigenvalue weighted by Gasteiger charge is 2.15. The van der Waals surface area contributed by atoms with Gasteiger partial charge in [0.05, 0.1) is 12.2 Å². The quantitative estimate of drug-likeness (QED) is 0.780. The number of carbonyl (C=O) groups is 1. The number of halogens is 1. The van der Waals surface area contributed by atoms with E-state index in [4.69, 9.17) is 4.74 Å². The van der Waals surface area contributed by atoms with Crippen LogP contribution in [0.3, 0.4) is 0 Å². The first-order valence-electron chi connectivity index (χ1n) is 6.15. The molecular weight excluding hydrogens is 243 g/mol. The van der Waals surface area contributed by atoms with Crippen molar-refractivity contribution < 1.29 is 13.9 Å². The number of benzene rings is 2. The van der Waals surface area contributed by atoms with Gasteiger partial charge in [-0.1, -0.05) is 23.8 Å².